The van der Waals surface area contributed by atoms with Gasteiger partial charge in [-0.2, -0.15) is 0 Å². The predicted octanol–water partition coefficient (Wildman–Crippen LogP) is 1.25. The lowest BCUT2D eigenvalue weighted by molar-refractivity contribution is -0.129. The van der Waals surface area contributed by atoms with Crippen molar-refractivity contribution in [2.45, 2.75) is 25.7 Å². The quantitative estimate of drug-likeness (QED) is 0.740. The topological polar surface area (TPSA) is 81.7 Å². The molecule has 3 amide bonds. The van der Waals surface area contributed by atoms with Gasteiger partial charge in [-0.15, -0.1) is 0 Å². The summed E-state index contributed by atoms with van der Waals surface area (Å²) < 4.78 is 0. The number of rotatable bonds is 6. The Labute approximate surface area is 130 Å². The number of hydrogen-bond donors (Lipinski definition) is 3. The van der Waals surface area contributed by atoms with Crippen LogP contribution in [0, 0.1) is 0 Å². The molecule has 6 nitrogen and oxygen atoms in total. The monoisotopic (exact) mass is 305 g/mol. The van der Waals surface area contributed by atoms with Gasteiger partial charge in [-0.1, -0.05) is 12.1 Å². The van der Waals surface area contributed by atoms with Gasteiger partial charge in [0.15, 0.2) is 0 Å². The molecule has 0 aliphatic carbocycles. The highest BCUT2D eigenvalue weighted by atomic mass is 16.3. The number of hydrogen-bond acceptors (Lipinski definition) is 3. The van der Waals surface area contributed by atoms with Crippen LogP contribution in [0.3, 0.4) is 0 Å². The summed E-state index contributed by atoms with van der Waals surface area (Å²) in [6, 6.07) is 6.69. The summed E-state index contributed by atoms with van der Waals surface area (Å²) in [5, 5.41) is 14.8. The van der Waals surface area contributed by atoms with Crippen molar-refractivity contribution >= 4 is 11.9 Å². The number of likely N-dealkylation sites (tertiary alicyclic amines) is 1. The molecule has 1 aromatic carbocycles. The summed E-state index contributed by atoms with van der Waals surface area (Å²) in [6.07, 6.45) is 3.15. The van der Waals surface area contributed by atoms with Crippen LogP contribution in [0.5, 0.6) is 5.75 Å². The molecule has 1 fully saturated rings. The van der Waals surface area contributed by atoms with E-state index in [0.29, 0.717) is 25.9 Å². The molecule has 2 rings (SSSR count). The molecule has 0 aromatic heterocycles. The van der Waals surface area contributed by atoms with E-state index in [0.717, 1.165) is 31.5 Å². The largest absolute Gasteiger partial charge is 0.508 e. The Hall–Kier alpha value is -2.24. The molecule has 1 aromatic rings. The van der Waals surface area contributed by atoms with Crippen molar-refractivity contribution in [1.82, 2.24) is 15.5 Å². The molecule has 1 aliphatic rings. The van der Waals surface area contributed by atoms with E-state index < -0.39 is 0 Å². The van der Waals surface area contributed by atoms with Gasteiger partial charge in [0.2, 0.25) is 5.91 Å². The van der Waals surface area contributed by atoms with Crippen molar-refractivity contribution in [1.29, 1.82) is 0 Å². The van der Waals surface area contributed by atoms with Crippen LogP contribution in [0.15, 0.2) is 24.3 Å². The number of amides is 3. The van der Waals surface area contributed by atoms with Crippen LogP contribution in [0.2, 0.25) is 0 Å². The molecular formula is C16H23N3O3. The zero-order chi connectivity index (χ0) is 15.8. The van der Waals surface area contributed by atoms with Crippen molar-refractivity contribution in [3.63, 3.8) is 0 Å². The Balaban J connectivity index is 1.57. The van der Waals surface area contributed by atoms with Crippen LogP contribution in [-0.2, 0) is 11.2 Å². The fraction of sp³-hybridized carbons (Fsp3) is 0.500. The molecule has 0 atom stereocenters. The van der Waals surface area contributed by atoms with Crippen LogP contribution >= 0.6 is 0 Å². The molecule has 0 unspecified atom stereocenters. The van der Waals surface area contributed by atoms with Gasteiger partial charge in [-0.3, -0.25) is 4.79 Å². The summed E-state index contributed by atoms with van der Waals surface area (Å²) in [7, 11) is 0. The normalized spacial score (nSPS) is 13.9. The summed E-state index contributed by atoms with van der Waals surface area (Å²) in [6.45, 7) is 2.52. The van der Waals surface area contributed by atoms with E-state index in [1.165, 1.54) is 0 Å². The van der Waals surface area contributed by atoms with E-state index in [1.807, 2.05) is 11.0 Å². The highest BCUT2D eigenvalue weighted by Gasteiger charge is 2.17. The van der Waals surface area contributed by atoms with Crippen molar-refractivity contribution < 1.29 is 14.7 Å². The Morgan fingerprint density at radius 3 is 2.59 bits per heavy atom. The Morgan fingerprint density at radius 2 is 1.86 bits per heavy atom. The number of phenolic OH excluding ortho intramolecular Hbond substituents is 1. The minimum atomic E-state index is -0.269. The second kappa shape index (κ2) is 8.26. The minimum Gasteiger partial charge on any atom is -0.508 e. The van der Waals surface area contributed by atoms with Gasteiger partial charge in [-0.25, -0.2) is 4.79 Å². The van der Waals surface area contributed by atoms with Gasteiger partial charge >= 0.3 is 6.03 Å². The summed E-state index contributed by atoms with van der Waals surface area (Å²) in [4.78, 5) is 25.2. The van der Waals surface area contributed by atoms with Gasteiger partial charge in [0.05, 0.1) is 0 Å². The molecule has 0 saturated carbocycles. The number of phenols is 1. The molecule has 3 N–H and O–H groups in total. The first-order chi connectivity index (χ1) is 10.6. The van der Waals surface area contributed by atoms with Gasteiger partial charge in [0, 0.05) is 32.6 Å². The minimum absolute atomic E-state index is 0.109. The zero-order valence-electron chi connectivity index (χ0n) is 12.7. The van der Waals surface area contributed by atoms with E-state index in [9.17, 15) is 14.7 Å². The van der Waals surface area contributed by atoms with Gasteiger partial charge in [0.1, 0.15) is 5.75 Å². The van der Waals surface area contributed by atoms with Crippen molar-refractivity contribution in [2.75, 3.05) is 26.2 Å². The lowest BCUT2D eigenvalue weighted by Crippen LogP contribution is -2.39. The molecule has 1 saturated heterocycles. The summed E-state index contributed by atoms with van der Waals surface area (Å²) in [5.74, 6) is 0.333. The molecule has 120 valence electrons. The first-order valence-corrected chi connectivity index (χ1v) is 7.72. The van der Waals surface area contributed by atoms with Crippen LogP contribution in [0.25, 0.3) is 0 Å². The number of urea groups is 1. The highest BCUT2D eigenvalue weighted by Crippen LogP contribution is 2.10. The number of nitrogens with one attached hydrogen (secondary N) is 2. The van der Waals surface area contributed by atoms with E-state index in [1.54, 1.807) is 18.2 Å². The number of carbonyl (C=O) groups is 2. The average molecular weight is 305 g/mol. The fourth-order valence-corrected chi connectivity index (χ4v) is 2.50. The Kier molecular flexibility index (Phi) is 6.06. The van der Waals surface area contributed by atoms with Crippen LogP contribution in [0.1, 0.15) is 24.8 Å². The third kappa shape index (κ3) is 5.27. The van der Waals surface area contributed by atoms with Crippen LogP contribution in [-0.4, -0.2) is 48.1 Å². The standard InChI is InChI=1S/C16H23N3O3/c20-14-5-3-4-13(12-14)6-8-17-16(22)18-9-7-15(21)19-10-1-2-11-19/h3-5,12,20H,1-2,6-11H2,(H2,17,18,22). The molecule has 6 heteroatoms. The molecule has 0 bridgehead atoms. The molecule has 0 spiro atoms. The maximum Gasteiger partial charge on any atom is 0.314 e. The maximum absolute atomic E-state index is 11.8. The van der Waals surface area contributed by atoms with Crippen molar-refractivity contribution in [3.05, 3.63) is 29.8 Å². The Bertz CT molecular complexity index is 513. The van der Waals surface area contributed by atoms with Crippen LogP contribution < -0.4 is 10.6 Å². The SMILES string of the molecule is O=C(NCCC(=O)N1CCCC1)NCCc1cccc(O)c1. The zero-order valence-corrected chi connectivity index (χ0v) is 12.7. The molecule has 1 aliphatic heterocycles. The average Bonchev–Trinajstić information content (AvgIpc) is 3.01. The van der Waals surface area contributed by atoms with E-state index in [4.69, 9.17) is 0 Å². The number of nitrogens with zero attached hydrogens (tertiary/aromatic N) is 1. The van der Waals surface area contributed by atoms with Gasteiger partial charge in [-0.05, 0) is 37.0 Å². The third-order valence-corrected chi connectivity index (χ3v) is 3.69. The molecular weight excluding hydrogens is 282 g/mol. The fourth-order valence-electron chi connectivity index (χ4n) is 2.50. The second-order valence-electron chi connectivity index (χ2n) is 5.44. The maximum atomic E-state index is 11.8. The lowest BCUT2D eigenvalue weighted by Gasteiger charge is -2.15. The number of aromatic hydroxyl groups is 1. The lowest BCUT2D eigenvalue weighted by atomic mass is 10.1. The highest BCUT2D eigenvalue weighted by molar-refractivity contribution is 5.78. The van der Waals surface area contributed by atoms with Crippen molar-refractivity contribution in [2.24, 2.45) is 0 Å². The Morgan fingerprint density at radius 1 is 1.14 bits per heavy atom. The summed E-state index contributed by atoms with van der Waals surface area (Å²) in [5.41, 5.74) is 0.963. The summed E-state index contributed by atoms with van der Waals surface area (Å²) >= 11 is 0. The van der Waals surface area contributed by atoms with E-state index in [-0.39, 0.29) is 17.7 Å². The van der Waals surface area contributed by atoms with Crippen LogP contribution in [0.4, 0.5) is 4.79 Å². The third-order valence-electron chi connectivity index (χ3n) is 3.69. The molecule has 0 radical (unpaired) electrons. The van der Waals surface area contributed by atoms with Crippen molar-refractivity contribution in [3.8, 4) is 5.75 Å². The first kappa shape index (κ1) is 16.1. The number of benzene rings is 1. The molecule has 22 heavy (non-hydrogen) atoms. The smallest absolute Gasteiger partial charge is 0.314 e. The molecule has 1 heterocycles. The van der Waals surface area contributed by atoms with E-state index in [2.05, 4.69) is 10.6 Å². The van der Waals surface area contributed by atoms with E-state index >= 15 is 0 Å². The van der Waals surface area contributed by atoms with Gasteiger partial charge in [0.25, 0.3) is 0 Å². The second-order valence-corrected chi connectivity index (χ2v) is 5.44. The predicted molar refractivity (Wildman–Crippen MR) is 83.6 cm³/mol. The van der Waals surface area contributed by atoms with Gasteiger partial charge < -0.3 is 20.6 Å². The number of carbonyl (C=O) groups excluding carboxylic acids is 2. The first-order valence-electron chi connectivity index (χ1n) is 7.72.